The molecule has 8 heteroatoms. The van der Waals surface area contributed by atoms with Gasteiger partial charge in [0.15, 0.2) is 0 Å². The highest BCUT2D eigenvalue weighted by Gasteiger charge is 2.19. The van der Waals surface area contributed by atoms with Gasteiger partial charge in [-0.1, -0.05) is 134 Å². The molecule has 4 aromatic heterocycles. The predicted octanol–water partition coefficient (Wildman–Crippen LogP) is 15.0. The summed E-state index contributed by atoms with van der Waals surface area (Å²) < 4.78 is 8.00. The van der Waals surface area contributed by atoms with Crippen LogP contribution in [-0.4, -0.2) is 14.6 Å². The molecule has 0 spiro atoms. The summed E-state index contributed by atoms with van der Waals surface area (Å²) in [5.41, 5.74) is 5.87. The Labute approximate surface area is 301 Å². The minimum Gasteiger partial charge on any atom is -0.252 e. The lowest BCUT2D eigenvalue weighted by atomic mass is 10.0. The molecule has 0 N–H and O–H groups in total. The number of hydrogen-bond acceptors (Lipinski definition) is 6. The summed E-state index contributed by atoms with van der Waals surface area (Å²) in [4.78, 5) is 7.43. The van der Waals surface area contributed by atoms with Gasteiger partial charge in [0.1, 0.15) is 11.2 Å². The van der Waals surface area contributed by atoms with Gasteiger partial charge in [-0.3, -0.25) is 4.98 Å². The van der Waals surface area contributed by atoms with E-state index in [2.05, 4.69) is 73.6 Å². The molecular weight excluding hydrogens is 742 g/mol. The zero-order valence-electron chi connectivity index (χ0n) is 27.6. The molecule has 3 nitrogen and oxygen atoms in total. The third kappa shape index (κ3) is 12.1. The standard InChI is InChI=1S/C37H53Br2N3S3/c1-3-5-7-9-11-13-15-17-19-21-23-28-25-31(43-36(28)38)30-27-40-33(34-35(30)45-42-41-34)32-26-29(37(39)44-32)24-22-20-18-16-14-12-10-8-6-4-2/h25-27H,3-24H2,1-2H3. The van der Waals surface area contributed by atoms with Crippen LogP contribution in [0.2, 0.25) is 0 Å². The smallest absolute Gasteiger partial charge is 0.133 e. The lowest BCUT2D eigenvalue weighted by Crippen LogP contribution is -1.87. The maximum absolute atomic E-state index is 4.99. The molecule has 0 atom stereocenters. The average molecular weight is 796 g/mol. The van der Waals surface area contributed by atoms with Crippen molar-refractivity contribution in [2.75, 3.05) is 0 Å². The van der Waals surface area contributed by atoms with E-state index in [0.29, 0.717) is 0 Å². The Morgan fingerprint density at radius 3 is 1.53 bits per heavy atom. The Balaban J connectivity index is 1.27. The summed E-state index contributed by atoms with van der Waals surface area (Å²) in [6, 6.07) is 4.69. The van der Waals surface area contributed by atoms with E-state index in [9.17, 15) is 0 Å². The van der Waals surface area contributed by atoms with E-state index in [-0.39, 0.29) is 0 Å². The van der Waals surface area contributed by atoms with Gasteiger partial charge < -0.3 is 0 Å². The van der Waals surface area contributed by atoms with Gasteiger partial charge in [0.25, 0.3) is 0 Å². The minimum absolute atomic E-state index is 0.928. The van der Waals surface area contributed by atoms with E-state index >= 15 is 0 Å². The van der Waals surface area contributed by atoms with Crippen LogP contribution < -0.4 is 0 Å². The quantitative estimate of drug-likeness (QED) is 0.0663. The van der Waals surface area contributed by atoms with Crippen LogP contribution in [0.4, 0.5) is 0 Å². The van der Waals surface area contributed by atoms with Crippen LogP contribution in [0.3, 0.4) is 0 Å². The highest BCUT2D eigenvalue weighted by Crippen LogP contribution is 2.43. The number of aryl methyl sites for hydroxylation is 2. The highest BCUT2D eigenvalue weighted by molar-refractivity contribution is 9.11. The van der Waals surface area contributed by atoms with E-state index < -0.39 is 0 Å². The number of unbranched alkanes of at least 4 members (excludes halogenated alkanes) is 18. The fraction of sp³-hybridized carbons (Fsp3) is 0.649. The maximum atomic E-state index is 4.99. The van der Waals surface area contributed by atoms with Gasteiger partial charge in [-0.25, -0.2) is 0 Å². The van der Waals surface area contributed by atoms with E-state index in [4.69, 9.17) is 4.98 Å². The van der Waals surface area contributed by atoms with Gasteiger partial charge in [-0.2, -0.15) is 0 Å². The molecule has 0 bridgehead atoms. The van der Waals surface area contributed by atoms with Crippen LogP contribution in [0.15, 0.2) is 25.9 Å². The molecular formula is C37H53Br2N3S3. The second kappa shape index (κ2) is 21.3. The van der Waals surface area contributed by atoms with Crippen LogP contribution in [0.1, 0.15) is 153 Å². The molecule has 0 fully saturated rings. The predicted molar refractivity (Wildman–Crippen MR) is 208 cm³/mol. The molecule has 0 unspecified atom stereocenters. The largest absolute Gasteiger partial charge is 0.252 e. The van der Waals surface area contributed by atoms with Crippen molar-refractivity contribution in [3.63, 3.8) is 0 Å². The van der Waals surface area contributed by atoms with Crippen molar-refractivity contribution in [3.8, 4) is 21.0 Å². The van der Waals surface area contributed by atoms with Crippen LogP contribution in [-0.2, 0) is 12.8 Å². The Hall–Kier alpha value is -0.670. The summed E-state index contributed by atoms with van der Waals surface area (Å²) in [6.07, 6.45) is 31.7. The molecule has 0 aromatic carbocycles. The van der Waals surface area contributed by atoms with Crippen LogP contribution >= 0.6 is 66.1 Å². The molecule has 45 heavy (non-hydrogen) atoms. The zero-order chi connectivity index (χ0) is 31.7. The first-order chi connectivity index (χ1) is 22.1. The Morgan fingerprint density at radius 1 is 0.578 bits per heavy atom. The first-order valence-electron chi connectivity index (χ1n) is 17.8. The Kier molecular flexibility index (Phi) is 17.6. The number of rotatable bonds is 24. The number of fused-ring (bicyclic) bond motifs is 1. The van der Waals surface area contributed by atoms with Crippen molar-refractivity contribution in [3.05, 3.63) is 37.0 Å². The summed E-state index contributed by atoms with van der Waals surface area (Å²) in [5, 5.41) is 4.57. The monoisotopic (exact) mass is 793 g/mol. The number of halogens is 2. The van der Waals surface area contributed by atoms with Gasteiger partial charge in [0.2, 0.25) is 0 Å². The third-order valence-electron chi connectivity index (χ3n) is 8.89. The van der Waals surface area contributed by atoms with E-state index in [1.54, 1.807) is 11.3 Å². The first-order valence-corrected chi connectivity index (χ1v) is 21.8. The number of aromatic nitrogens is 3. The van der Waals surface area contributed by atoms with Crippen molar-refractivity contribution in [1.29, 1.82) is 0 Å². The van der Waals surface area contributed by atoms with Crippen molar-refractivity contribution < 1.29 is 0 Å². The number of thiophene rings is 2. The molecule has 0 amide bonds. The van der Waals surface area contributed by atoms with E-state index in [0.717, 1.165) is 34.3 Å². The average Bonchev–Trinajstić information content (AvgIpc) is 3.77. The number of hydrogen-bond donors (Lipinski definition) is 0. The Bertz CT molecular complexity index is 1290. The second-order valence-electron chi connectivity index (χ2n) is 12.7. The topological polar surface area (TPSA) is 38.7 Å². The van der Waals surface area contributed by atoms with Gasteiger partial charge in [0, 0.05) is 16.6 Å². The minimum atomic E-state index is 0.928. The molecule has 0 radical (unpaired) electrons. The van der Waals surface area contributed by atoms with Crippen LogP contribution in [0.25, 0.3) is 31.2 Å². The lowest BCUT2D eigenvalue weighted by Gasteiger charge is -2.03. The maximum Gasteiger partial charge on any atom is 0.133 e. The molecule has 0 aliphatic carbocycles. The molecule has 4 heterocycles. The van der Waals surface area contributed by atoms with Crippen LogP contribution in [0.5, 0.6) is 0 Å². The normalized spacial score (nSPS) is 11.7. The van der Waals surface area contributed by atoms with Gasteiger partial charge >= 0.3 is 0 Å². The molecule has 4 aromatic rings. The zero-order valence-corrected chi connectivity index (χ0v) is 33.2. The molecule has 0 saturated heterocycles. The van der Waals surface area contributed by atoms with Crippen molar-refractivity contribution in [1.82, 2.24) is 14.6 Å². The van der Waals surface area contributed by atoms with Crippen molar-refractivity contribution in [2.45, 2.75) is 155 Å². The highest BCUT2D eigenvalue weighted by atomic mass is 79.9. The summed E-state index contributed by atoms with van der Waals surface area (Å²) in [6.45, 7) is 4.58. The molecule has 0 aliphatic heterocycles. The summed E-state index contributed by atoms with van der Waals surface area (Å²) in [5.74, 6) is 0. The van der Waals surface area contributed by atoms with Gasteiger partial charge in [0.05, 0.1) is 17.1 Å². The van der Waals surface area contributed by atoms with E-state index in [1.807, 2.05) is 11.3 Å². The molecule has 248 valence electrons. The third-order valence-corrected chi connectivity index (χ3v) is 13.6. The number of pyridine rings is 1. The fourth-order valence-corrected chi connectivity index (χ4v) is 10.4. The summed E-state index contributed by atoms with van der Waals surface area (Å²) >= 11 is 12.8. The molecule has 0 aliphatic rings. The van der Waals surface area contributed by atoms with Crippen molar-refractivity contribution in [2.24, 2.45) is 0 Å². The number of nitrogens with zero attached hydrogens (tertiary/aromatic N) is 3. The first kappa shape index (κ1) is 37.2. The lowest BCUT2D eigenvalue weighted by molar-refractivity contribution is 0.556. The molecule has 4 rings (SSSR count). The van der Waals surface area contributed by atoms with Gasteiger partial charge in [-0.15, -0.1) is 27.8 Å². The SMILES string of the molecule is CCCCCCCCCCCCc1cc(-c2ncc(-c3cc(CCCCCCCCCCCC)c(Br)s3)c3snnc23)sc1Br. The second-order valence-corrected chi connectivity index (χ2v) is 18.1. The summed E-state index contributed by atoms with van der Waals surface area (Å²) in [7, 11) is 0. The van der Waals surface area contributed by atoms with Crippen molar-refractivity contribution >= 4 is 76.3 Å². The van der Waals surface area contributed by atoms with Gasteiger partial charge in [-0.05, 0) is 92.3 Å². The Morgan fingerprint density at radius 2 is 1.02 bits per heavy atom. The van der Waals surface area contributed by atoms with E-state index in [1.165, 1.54) is 168 Å². The molecule has 0 saturated carbocycles. The van der Waals surface area contributed by atoms with Crippen LogP contribution in [0, 0.1) is 0 Å². The fourth-order valence-electron chi connectivity index (χ4n) is 6.14.